The number of carbonyl (C=O) groups is 2. The number of aromatic carboxylic acids is 1. The molecule has 1 saturated heterocycles. The van der Waals surface area contributed by atoms with Crippen LogP contribution in [0.2, 0.25) is 0 Å². The molecule has 2 aromatic heterocycles. The zero-order valence-corrected chi connectivity index (χ0v) is 24.9. The predicted molar refractivity (Wildman–Crippen MR) is 171 cm³/mol. The van der Waals surface area contributed by atoms with E-state index in [2.05, 4.69) is 52.5 Å². The largest absolute Gasteiger partial charge is 0.493 e. The number of aryl methyl sites for hydroxylation is 1. The van der Waals surface area contributed by atoms with Gasteiger partial charge in [-0.15, -0.1) is 0 Å². The summed E-state index contributed by atoms with van der Waals surface area (Å²) in [6.45, 7) is 6.24. The van der Waals surface area contributed by atoms with E-state index in [9.17, 15) is 14.7 Å². The molecule has 1 amide bonds. The molecule has 2 aliphatic rings. The van der Waals surface area contributed by atoms with E-state index < -0.39 is 5.97 Å². The number of allylic oxidation sites excluding steroid dienone is 3. The number of fused-ring (bicyclic) bond motifs is 1. The van der Waals surface area contributed by atoms with Gasteiger partial charge in [0.1, 0.15) is 17.3 Å². The molecule has 0 saturated carbocycles. The molecule has 8 nitrogen and oxygen atoms in total. The number of hydrogen-bond donors (Lipinski definition) is 2. The average molecular weight is 590 g/mol. The van der Waals surface area contributed by atoms with Crippen LogP contribution in [0.25, 0.3) is 11.6 Å². The Labute approximate surface area is 256 Å². The lowest BCUT2D eigenvalue weighted by Gasteiger charge is -2.32. The van der Waals surface area contributed by atoms with Crippen LogP contribution in [-0.4, -0.2) is 41.7 Å². The summed E-state index contributed by atoms with van der Waals surface area (Å²) in [5, 5.41) is 12.1. The van der Waals surface area contributed by atoms with Gasteiger partial charge < -0.3 is 24.5 Å². The van der Waals surface area contributed by atoms with Crippen LogP contribution in [0.15, 0.2) is 83.4 Å². The van der Waals surface area contributed by atoms with Gasteiger partial charge in [-0.1, -0.05) is 48.0 Å². The highest BCUT2D eigenvalue weighted by molar-refractivity contribution is 6.03. The number of piperidine rings is 1. The molecular weight excluding hydrogens is 554 g/mol. The van der Waals surface area contributed by atoms with Crippen molar-refractivity contribution in [1.29, 1.82) is 0 Å². The number of nitrogens with zero attached hydrogens (tertiary/aromatic N) is 2. The van der Waals surface area contributed by atoms with E-state index in [1.165, 1.54) is 5.56 Å². The van der Waals surface area contributed by atoms with E-state index in [0.717, 1.165) is 54.0 Å². The maximum absolute atomic E-state index is 13.2. The minimum atomic E-state index is -0.963. The molecule has 1 aliphatic carbocycles. The van der Waals surface area contributed by atoms with Gasteiger partial charge in [0.05, 0.1) is 24.1 Å². The average Bonchev–Trinajstić information content (AvgIpc) is 3.20. The van der Waals surface area contributed by atoms with E-state index in [1.807, 2.05) is 31.2 Å². The van der Waals surface area contributed by atoms with Crippen LogP contribution in [0.1, 0.15) is 61.8 Å². The molecule has 6 rings (SSSR count). The van der Waals surface area contributed by atoms with Gasteiger partial charge in [-0.3, -0.25) is 4.79 Å². The number of rotatable bonds is 8. The number of anilines is 2. The number of furan rings is 1. The predicted octanol–water partition coefficient (Wildman–Crippen LogP) is 7.19. The molecule has 2 aromatic carbocycles. The van der Waals surface area contributed by atoms with Crippen LogP contribution in [0.3, 0.4) is 0 Å². The number of hydrogen-bond acceptors (Lipinski definition) is 6. The second-order valence-electron chi connectivity index (χ2n) is 11.4. The number of benzene rings is 2. The number of ether oxygens (including phenoxy) is 1. The van der Waals surface area contributed by atoms with Crippen LogP contribution < -0.4 is 15.0 Å². The van der Waals surface area contributed by atoms with Crippen LogP contribution >= 0.6 is 0 Å². The Morgan fingerprint density at radius 3 is 2.61 bits per heavy atom. The Kier molecular flexibility index (Phi) is 8.32. The second-order valence-corrected chi connectivity index (χ2v) is 11.4. The molecule has 8 heteroatoms. The minimum Gasteiger partial charge on any atom is -0.493 e. The van der Waals surface area contributed by atoms with Crippen molar-refractivity contribution in [2.24, 2.45) is 5.92 Å². The SMILES string of the molecule is Cc1cccc(C2=CCc3c(oc(C(=O)Nc4ccc(N5CCC(COc6cccc(C(=O)O)c6)CC5)nc4)c3C)C=C2)c1. The van der Waals surface area contributed by atoms with Gasteiger partial charge in [0.25, 0.3) is 5.91 Å². The minimum absolute atomic E-state index is 0.221. The number of carboxylic acid groups (broad SMARTS) is 1. The fourth-order valence-electron chi connectivity index (χ4n) is 5.76. The summed E-state index contributed by atoms with van der Waals surface area (Å²) >= 11 is 0. The van der Waals surface area contributed by atoms with Crippen LogP contribution in [0, 0.1) is 19.8 Å². The molecule has 0 unspecified atom stereocenters. The van der Waals surface area contributed by atoms with E-state index in [1.54, 1.807) is 30.5 Å². The maximum atomic E-state index is 13.2. The van der Waals surface area contributed by atoms with Gasteiger partial charge in [-0.25, -0.2) is 9.78 Å². The van der Waals surface area contributed by atoms with Crippen molar-refractivity contribution < 1.29 is 23.8 Å². The number of nitrogens with one attached hydrogen (secondary N) is 1. The molecule has 4 aromatic rings. The number of amides is 1. The quantitative estimate of drug-likeness (QED) is 0.224. The Morgan fingerprint density at radius 1 is 1.05 bits per heavy atom. The number of carbonyl (C=O) groups excluding carboxylic acids is 1. The Morgan fingerprint density at radius 2 is 1.86 bits per heavy atom. The summed E-state index contributed by atoms with van der Waals surface area (Å²) in [6, 6.07) is 18.8. The fourth-order valence-corrected chi connectivity index (χ4v) is 5.76. The first-order valence-electron chi connectivity index (χ1n) is 14.9. The topological polar surface area (TPSA) is 105 Å². The number of pyridine rings is 1. The van der Waals surface area contributed by atoms with Gasteiger partial charge in [-0.2, -0.15) is 0 Å². The van der Waals surface area contributed by atoms with E-state index in [4.69, 9.17) is 9.15 Å². The zero-order valence-electron chi connectivity index (χ0n) is 24.9. The summed E-state index contributed by atoms with van der Waals surface area (Å²) in [6.07, 6.45) is 10.4. The highest BCUT2D eigenvalue weighted by Crippen LogP contribution is 2.31. The monoisotopic (exact) mass is 589 g/mol. The third kappa shape index (κ3) is 6.44. The molecule has 1 aliphatic heterocycles. The molecule has 0 atom stereocenters. The van der Waals surface area contributed by atoms with E-state index in [-0.39, 0.29) is 11.5 Å². The van der Waals surface area contributed by atoms with E-state index >= 15 is 0 Å². The molecular formula is C36H35N3O5. The summed E-state index contributed by atoms with van der Waals surface area (Å²) < 4.78 is 11.9. The van der Waals surface area contributed by atoms with Crippen molar-refractivity contribution in [3.63, 3.8) is 0 Å². The first kappa shape index (κ1) is 29.0. The van der Waals surface area contributed by atoms with Crippen molar-refractivity contribution in [3.8, 4) is 5.75 Å². The van der Waals surface area contributed by atoms with Crippen LogP contribution in [0.5, 0.6) is 5.75 Å². The van der Waals surface area contributed by atoms with Crippen molar-refractivity contribution in [3.05, 3.63) is 118 Å². The van der Waals surface area contributed by atoms with E-state index in [0.29, 0.717) is 41.9 Å². The maximum Gasteiger partial charge on any atom is 0.335 e. The lowest BCUT2D eigenvalue weighted by atomic mass is 9.98. The van der Waals surface area contributed by atoms with Crippen molar-refractivity contribution >= 4 is 35.0 Å². The lowest BCUT2D eigenvalue weighted by molar-refractivity contribution is 0.0696. The third-order valence-corrected chi connectivity index (χ3v) is 8.31. The molecule has 224 valence electrons. The van der Waals surface area contributed by atoms with Crippen LogP contribution in [0.4, 0.5) is 11.5 Å². The molecule has 3 heterocycles. The van der Waals surface area contributed by atoms with Gasteiger partial charge in [0.15, 0.2) is 5.76 Å². The van der Waals surface area contributed by atoms with Crippen LogP contribution in [-0.2, 0) is 6.42 Å². The molecule has 0 bridgehead atoms. The van der Waals surface area contributed by atoms with Gasteiger partial charge in [-0.05, 0) is 86.6 Å². The highest BCUT2D eigenvalue weighted by atomic mass is 16.5. The third-order valence-electron chi connectivity index (χ3n) is 8.31. The normalized spacial score (nSPS) is 14.9. The smallest absolute Gasteiger partial charge is 0.335 e. The fraction of sp³-hybridized carbons (Fsp3) is 0.250. The lowest BCUT2D eigenvalue weighted by Crippen LogP contribution is -2.36. The number of aromatic nitrogens is 1. The Balaban J connectivity index is 1.02. The molecule has 0 radical (unpaired) electrons. The van der Waals surface area contributed by atoms with Gasteiger partial charge in [0, 0.05) is 24.2 Å². The van der Waals surface area contributed by atoms with Gasteiger partial charge >= 0.3 is 5.97 Å². The molecule has 0 spiro atoms. The second kappa shape index (κ2) is 12.6. The summed E-state index contributed by atoms with van der Waals surface area (Å²) in [4.78, 5) is 31.2. The Bertz CT molecular complexity index is 1740. The highest BCUT2D eigenvalue weighted by Gasteiger charge is 2.23. The summed E-state index contributed by atoms with van der Waals surface area (Å²) in [7, 11) is 0. The van der Waals surface area contributed by atoms with Gasteiger partial charge in [0.2, 0.25) is 0 Å². The first-order chi connectivity index (χ1) is 21.3. The zero-order chi connectivity index (χ0) is 30.6. The van der Waals surface area contributed by atoms with Crippen molar-refractivity contribution in [2.75, 3.05) is 29.9 Å². The summed E-state index contributed by atoms with van der Waals surface area (Å²) in [5.74, 6) is 1.58. The standard InChI is InChI=1S/C36H35N3O5/c1-23-5-3-6-27(19-23)26-9-12-31-24(2)34(44-32(31)13-10-26)35(40)38-29-11-14-33(37-21-29)39-17-15-25(16-18-39)22-43-30-8-4-7-28(20-30)36(41)42/h3-11,13-14,19-21,25H,12,15-18,22H2,1-2H3,(H,38,40)(H,41,42). The van der Waals surface area contributed by atoms with Crippen molar-refractivity contribution in [2.45, 2.75) is 33.1 Å². The molecule has 1 fully saturated rings. The molecule has 44 heavy (non-hydrogen) atoms. The summed E-state index contributed by atoms with van der Waals surface area (Å²) in [5.41, 5.74) is 6.20. The number of carboxylic acids is 1. The molecule has 2 N–H and O–H groups in total. The Hall–Kier alpha value is -5.11. The van der Waals surface area contributed by atoms with Crippen molar-refractivity contribution in [1.82, 2.24) is 4.98 Å². The first-order valence-corrected chi connectivity index (χ1v) is 14.9.